The maximum Gasteiger partial charge on any atom is 0.160 e. The number of nitrogens with one attached hydrogen (secondary N) is 1. The van der Waals surface area contributed by atoms with Crippen molar-refractivity contribution in [3.8, 4) is 11.5 Å². The molecule has 1 spiro atoms. The van der Waals surface area contributed by atoms with Crippen LogP contribution < -0.4 is 14.8 Å². The Balaban J connectivity index is 1.58. The first kappa shape index (κ1) is 17.5. The largest absolute Gasteiger partial charge is 0.493 e. The van der Waals surface area contributed by atoms with Crippen molar-refractivity contribution in [1.29, 1.82) is 0 Å². The van der Waals surface area contributed by atoms with Gasteiger partial charge >= 0.3 is 0 Å². The number of nitrogens with zero attached hydrogens (tertiary/aromatic N) is 1. The second-order valence-electron chi connectivity index (χ2n) is 7.95. The van der Waals surface area contributed by atoms with Crippen LogP contribution in [0.3, 0.4) is 0 Å². The molecular weight excluding hydrogens is 332 g/mol. The Kier molecular flexibility index (Phi) is 4.67. The maximum absolute atomic E-state index is 5.52. The summed E-state index contributed by atoms with van der Waals surface area (Å²) in [5.74, 6) is 2.93. The van der Waals surface area contributed by atoms with Crippen molar-refractivity contribution >= 4 is 11.8 Å². The Morgan fingerprint density at radius 2 is 2.04 bits per heavy atom. The van der Waals surface area contributed by atoms with Crippen molar-refractivity contribution in [1.82, 2.24) is 10.2 Å². The molecule has 4 nitrogen and oxygen atoms in total. The minimum Gasteiger partial charge on any atom is -0.493 e. The first-order valence-corrected chi connectivity index (χ1v) is 10.4. The average molecular weight is 363 g/mol. The Morgan fingerprint density at radius 1 is 1.20 bits per heavy atom. The first-order valence-electron chi connectivity index (χ1n) is 9.40. The number of rotatable bonds is 4. The number of benzene rings is 1. The van der Waals surface area contributed by atoms with Gasteiger partial charge in [-0.3, -0.25) is 0 Å². The summed E-state index contributed by atoms with van der Waals surface area (Å²) in [4.78, 5) is 2.95. The molecule has 0 radical (unpaired) electrons. The highest BCUT2D eigenvalue weighted by Crippen LogP contribution is 2.54. The van der Waals surface area contributed by atoms with Crippen molar-refractivity contribution < 1.29 is 9.47 Å². The molecule has 2 saturated heterocycles. The highest BCUT2D eigenvalue weighted by molar-refractivity contribution is 8.00. The fraction of sp³-hybridized carbons (Fsp3) is 0.700. The smallest absolute Gasteiger partial charge is 0.160 e. The van der Waals surface area contributed by atoms with Gasteiger partial charge in [0.25, 0.3) is 0 Å². The number of hydrogen-bond donors (Lipinski definition) is 1. The molecule has 3 atom stereocenters. The zero-order chi connectivity index (χ0) is 17.5. The van der Waals surface area contributed by atoms with Crippen LogP contribution >= 0.6 is 11.8 Å². The molecule has 1 unspecified atom stereocenters. The second kappa shape index (κ2) is 6.67. The highest BCUT2D eigenvalue weighted by atomic mass is 32.2. The number of thioether (sulfide) groups is 1. The predicted octanol–water partition coefficient (Wildman–Crippen LogP) is 3.15. The summed E-state index contributed by atoms with van der Waals surface area (Å²) in [7, 11) is 5.74. The van der Waals surface area contributed by atoms with Gasteiger partial charge in [-0.15, -0.1) is 11.8 Å². The summed E-state index contributed by atoms with van der Waals surface area (Å²) in [5.41, 5.74) is 1.78. The lowest BCUT2D eigenvalue weighted by atomic mass is 9.65. The number of methoxy groups -OCH3 is 2. The van der Waals surface area contributed by atoms with E-state index in [0.29, 0.717) is 16.3 Å². The molecule has 3 aliphatic rings. The lowest BCUT2D eigenvalue weighted by Gasteiger charge is -2.48. The minimum absolute atomic E-state index is 0.338. The molecule has 25 heavy (non-hydrogen) atoms. The van der Waals surface area contributed by atoms with Gasteiger partial charge in [-0.1, -0.05) is 6.07 Å². The van der Waals surface area contributed by atoms with Crippen molar-refractivity contribution in [2.75, 3.05) is 40.1 Å². The van der Waals surface area contributed by atoms with Gasteiger partial charge in [0.2, 0.25) is 0 Å². The summed E-state index contributed by atoms with van der Waals surface area (Å²) in [5, 5.41) is 3.82. The molecule has 1 N–H and O–H groups in total. The van der Waals surface area contributed by atoms with Crippen LogP contribution in [0.1, 0.15) is 31.2 Å². The fourth-order valence-corrected chi connectivity index (χ4v) is 6.60. The van der Waals surface area contributed by atoms with Gasteiger partial charge in [-0.2, -0.15) is 0 Å². The van der Waals surface area contributed by atoms with E-state index in [2.05, 4.69) is 47.2 Å². The van der Waals surface area contributed by atoms with Crippen molar-refractivity contribution in [2.45, 2.75) is 43.0 Å². The molecule has 1 aromatic carbocycles. The van der Waals surface area contributed by atoms with Crippen LogP contribution in [0.15, 0.2) is 18.2 Å². The monoisotopic (exact) mass is 362 g/mol. The lowest BCUT2D eigenvalue weighted by molar-refractivity contribution is 0.0875. The van der Waals surface area contributed by atoms with E-state index in [1.54, 1.807) is 14.2 Å². The molecule has 1 aromatic rings. The maximum atomic E-state index is 5.52. The van der Waals surface area contributed by atoms with Gasteiger partial charge < -0.3 is 19.7 Å². The van der Waals surface area contributed by atoms with E-state index in [9.17, 15) is 0 Å². The predicted molar refractivity (Wildman–Crippen MR) is 104 cm³/mol. The van der Waals surface area contributed by atoms with Gasteiger partial charge in [-0.25, -0.2) is 0 Å². The van der Waals surface area contributed by atoms with Crippen LogP contribution in [0.5, 0.6) is 11.5 Å². The highest BCUT2D eigenvalue weighted by Gasteiger charge is 2.54. The van der Waals surface area contributed by atoms with E-state index in [4.69, 9.17) is 9.47 Å². The molecule has 2 aliphatic heterocycles. The summed E-state index contributed by atoms with van der Waals surface area (Å²) < 4.78 is 10.9. The number of hydrogen-bond acceptors (Lipinski definition) is 5. The summed E-state index contributed by atoms with van der Waals surface area (Å²) in [6, 6.07) is 7.12. The van der Waals surface area contributed by atoms with Gasteiger partial charge in [0.15, 0.2) is 11.5 Å². The van der Waals surface area contributed by atoms with Crippen LogP contribution in [0, 0.1) is 5.41 Å². The Bertz CT molecular complexity index is 632. The van der Waals surface area contributed by atoms with Crippen LogP contribution in [0.4, 0.5) is 0 Å². The molecule has 0 aromatic heterocycles. The van der Waals surface area contributed by atoms with Crippen molar-refractivity contribution in [3.05, 3.63) is 23.8 Å². The van der Waals surface area contributed by atoms with Gasteiger partial charge in [0.05, 0.1) is 19.1 Å². The van der Waals surface area contributed by atoms with E-state index >= 15 is 0 Å². The van der Waals surface area contributed by atoms with E-state index < -0.39 is 0 Å². The molecule has 3 fully saturated rings. The number of fused-ring (bicyclic) bond motifs is 1. The van der Waals surface area contributed by atoms with Crippen LogP contribution in [0.2, 0.25) is 0 Å². The van der Waals surface area contributed by atoms with E-state index in [1.807, 2.05) is 0 Å². The fourth-order valence-electron chi connectivity index (χ4n) is 5.28. The second-order valence-corrected chi connectivity index (χ2v) is 9.43. The summed E-state index contributed by atoms with van der Waals surface area (Å²) in [6.07, 6.45) is 6.35. The molecule has 4 rings (SSSR count). The molecule has 1 saturated carbocycles. The normalized spacial score (nSPS) is 35.1. The van der Waals surface area contributed by atoms with Crippen molar-refractivity contribution in [2.24, 2.45) is 5.41 Å². The number of ether oxygens (including phenoxy) is 2. The van der Waals surface area contributed by atoms with Gasteiger partial charge in [-0.05, 0) is 68.8 Å². The third-order valence-corrected chi connectivity index (χ3v) is 8.16. The zero-order valence-corrected chi connectivity index (χ0v) is 16.5. The lowest BCUT2D eigenvalue weighted by Crippen LogP contribution is -2.53. The zero-order valence-electron chi connectivity index (χ0n) is 15.6. The summed E-state index contributed by atoms with van der Waals surface area (Å²) >= 11 is 2.16. The molecular formula is C20H30N2O2S. The minimum atomic E-state index is 0.338. The van der Waals surface area contributed by atoms with E-state index in [0.717, 1.165) is 17.9 Å². The quantitative estimate of drug-likeness (QED) is 0.890. The molecule has 0 bridgehead atoms. The Labute approximate surface area is 155 Å². The van der Waals surface area contributed by atoms with E-state index in [-0.39, 0.29) is 0 Å². The molecule has 5 heteroatoms. The summed E-state index contributed by atoms with van der Waals surface area (Å²) in [6.45, 7) is 2.39. The van der Waals surface area contributed by atoms with Crippen LogP contribution in [-0.4, -0.2) is 55.9 Å². The molecule has 1 aliphatic carbocycles. The van der Waals surface area contributed by atoms with Gasteiger partial charge in [0.1, 0.15) is 0 Å². The van der Waals surface area contributed by atoms with Crippen LogP contribution in [0.25, 0.3) is 0 Å². The molecule has 138 valence electrons. The third kappa shape index (κ3) is 3.04. The van der Waals surface area contributed by atoms with E-state index in [1.165, 1.54) is 50.1 Å². The Morgan fingerprint density at radius 3 is 2.76 bits per heavy atom. The van der Waals surface area contributed by atoms with Gasteiger partial charge in [0, 0.05) is 18.3 Å². The van der Waals surface area contributed by atoms with Crippen LogP contribution in [-0.2, 0) is 6.42 Å². The SMILES string of the molecule is COc1ccc(C[C@]23CCN(C)[C@H]2CC2(CC3)NCCS2)cc1OC. The number of likely N-dealkylation sites (tertiary alicyclic amines) is 1. The topological polar surface area (TPSA) is 33.7 Å². The molecule has 2 heterocycles. The third-order valence-electron chi connectivity index (χ3n) is 6.68. The average Bonchev–Trinajstić information content (AvgIpc) is 3.22. The first-order chi connectivity index (χ1) is 12.1. The Hall–Kier alpha value is -0.910. The van der Waals surface area contributed by atoms with Crippen molar-refractivity contribution in [3.63, 3.8) is 0 Å². The standard InChI is InChI=1S/C20H30N2O2S/c1-22-10-8-19(6-7-20(14-18(19)22)21-9-11-25-20)13-15-4-5-16(23-2)17(12-15)24-3/h4-5,12,18,21H,6-11,13-14H2,1-3H3/t18-,19-,20?/m0/s1. The molecule has 0 amide bonds.